The van der Waals surface area contributed by atoms with Gasteiger partial charge in [-0.15, -0.1) is 0 Å². The van der Waals surface area contributed by atoms with Crippen LogP contribution >= 0.6 is 12.2 Å². The molecule has 0 atom stereocenters. The molecule has 0 aliphatic heterocycles. The van der Waals surface area contributed by atoms with Crippen molar-refractivity contribution in [1.82, 2.24) is 4.72 Å². The predicted octanol–water partition coefficient (Wildman–Crippen LogP) is 0.895. The van der Waals surface area contributed by atoms with Crippen LogP contribution in [0.15, 0.2) is 18.2 Å². The zero-order chi connectivity index (χ0) is 13.1. The molecule has 0 aliphatic rings. The maximum Gasteiger partial charge on any atom is 0.299 e. The second-order valence-corrected chi connectivity index (χ2v) is 5.44. The van der Waals surface area contributed by atoms with Crippen molar-refractivity contribution in [1.29, 1.82) is 0 Å². The van der Waals surface area contributed by atoms with Gasteiger partial charge in [-0.25, -0.2) is 0 Å². The lowest BCUT2D eigenvalue weighted by molar-refractivity contribution is 0.589. The van der Waals surface area contributed by atoms with Gasteiger partial charge in [0, 0.05) is 12.1 Å². The first-order valence-corrected chi connectivity index (χ1v) is 6.92. The Morgan fingerprint density at radius 3 is 2.65 bits per heavy atom. The molecule has 0 aliphatic carbocycles. The third kappa shape index (κ3) is 3.95. The normalized spacial score (nSPS) is 11.2. The van der Waals surface area contributed by atoms with Crippen LogP contribution in [0.25, 0.3) is 0 Å². The summed E-state index contributed by atoms with van der Waals surface area (Å²) < 4.78 is 27.9. The Morgan fingerprint density at radius 1 is 1.47 bits per heavy atom. The summed E-state index contributed by atoms with van der Waals surface area (Å²) in [7, 11) is -3.53. The van der Waals surface area contributed by atoms with Gasteiger partial charge >= 0.3 is 0 Å². The summed E-state index contributed by atoms with van der Waals surface area (Å²) >= 11 is 4.84. The van der Waals surface area contributed by atoms with Crippen LogP contribution in [0.1, 0.15) is 18.1 Å². The molecule has 7 heteroatoms. The first-order valence-electron chi connectivity index (χ1n) is 5.03. The lowest BCUT2D eigenvalue weighted by atomic mass is 10.1. The number of hydrogen-bond donors (Lipinski definition) is 3. The summed E-state index contributed by atoms with van der Waals surface area (Å²) in [5.41, 5.74) is 7.38. The Bertz CT molecular complexity index is 526. The molecule has 0 saturated carbocycles. The van der Waals surface area contributed by atoms with Gasteiger partial charge in [-0.2, -0.15) is 13.1 Å². The van der Waals surface area contributed by atoms with E-state index in [4.69, 9.17) is 18.0 Å². The van der Waals surface area contributed by atoms with Crippen molar-refractivity contribution in [3.05, 3.63) is 29.3 Å². The fourth-order valence-corrected chi connectivity index (χ4v) is 2.34. The van der Waals surface area contributed by atoms with Crippen molar-refractivity contribution in [2.45, 2.75) is 13.8 Å². The van der Waals surface area contributed by atoms with Gasteiger partial charge in [-0.3, -0.25) is 4.72 Å². The molecule has 94 valence electrons. The van der Waals surface area contributed by atoms with E-state index in [1.807, 2.05) is 0 Å². The maximum atomic E-state index is 11.5. The molecule has 1 aromatic carbocycles. The van der Waals surface area contributed by atoms with Crippen molar-refractivity contribution in [3.8, 4) is 0 Å². The third-order valence-corrected chi connectivity index (χ3v) is 3.49. The van der Waals surface area contributed by atoms with Crippen molar-refractivity contribution in [2.75, 3.05) is 11.3 Å². The number of thiocarbonyl (C=S) groups is 1. The van der Waals surface area contributed by atoms with E-state index in [-0.39, 0.29) is 4.99 Å². The van der Waals surface area contributed by atoms with Gasteiger partial charge in [0.05, 0.1) is 5.69 Å². The van der Waals surface area contributed by atoms with Gasteiger partial charge < -0.3 is 5.73 Å². The van der Waals surface area contributed by atoms with Crippen LogP contribution in [0, 0.1) is 6.92 Å². The van der Waals surface area contributed by atoms with Crippen LogP contribution in [-0.4, -0.2) is 20.0 Å². The average molecular weight is 273 g/mol. The van der Waals surface area contributed by atoms with E-state index >= 15 is 0 Å². The van der Waals surface area contributed by atoms with Crippen molar-refractivity contribution in [3.63, 3.8) is 0 Å². The Balaban J connectivity index is 3.06. The average Bonchev–Trinajstić information content (AvgIpc) is 2.20. The van der Waals surface area contributed by atoms with Crippen LogP contribution in [0.4, 0.5) is 5.69 Å². The molecule has 1 rings (SSSR count). The van der Waals surface area contributed by atoms with Crippen LogP contribution in [-0.2, 0) is 10.2 Å². The highest BCUT2D eigenvalue weighted by molar-refractivity contribution is 7.90. The molecule has 0 saturated heterocycles. The minimum Gasteiger partial charge on any atom is -0.389 e. The van der Waals surface area contributed by atoms with Crippen LogP contribution in [0.3, 0.4) is 0 Å². The number of rotatable bonds is 5. The topological polar surface area (TPSA) is 84.2 Å². The number of benzene rings is 1. The highest BCUT2D eigenvalue weighted by Crippen LogP contribution is 2.17. The summed E-state index contributed by atoms with van der Waals surface area (Å²) in [6, 6.07) is 5.13. The molecule has 5 nitrogen and oxygen atoms in total. The molecular weight excluding hydrogens is 258 g/mol. The summed E-state index contributed by atoms with van der Waals surface area (Å²) in [5.74, 6) is 0. The third-order valence-electron chi connectivity index (χ3n) is 2.10. The van der Waals surface area contributed by atoms with Gasteiger partial charge in [-0.05, 0) is 18.6 Å². The summed E-state index contributed by atoms with van der Waals surface area (Å²) in [6.07, 6.45) is 0. The molecule has 0 amide bonds. The standard InChI is InChI=1S/C10H15N3O2S2/c1-3-12-17(14,15)13-9-6-8(10(11)16)5-4-7(9)2/h4-6,12-13H,3H2,1-2H3,(H2,11,16). The van der Waals surface area contributed by atoms with E-state index in [9.17, 15) is 8.42 Å². The smallest absolute Gasteiger partial charge is 0.299 e. The molecular formula is C10H15N3O2S2. The van der Waals surface area contributed by atoms with Crippen LogP contribution in [0.5, 0.6) is 0 Å². The molecule has 4 N–H and O–H groups in total. The van der Waals surface area contributed by atoms with Gasteiger partial charge in [-0.1, -0.05) is 31.3 Å². The molecule has 0 bridgehead atoms. The quantitative estimate of drug-likeness (QED) is 0.696. The van der Waals surface area contributed by atoms with Gasteiger partial charge in [0.2, 0.25) is 0 Å². The first kappa shape index (κ1) is 13.9. The molecule has 0 spiro atoms. The minimum atomic E-state index is -3.53. The number of nitrogens with two attached hydrogens (primary N) is 1. The highest BCUT2D eigenvalue weighted by Gasteiger charge is 2.10. The first-order chi connectivity index (χ1) is 7.85. The predicted molar refractivity (Wildman–Crippen MR) is 73.3 cm³/mol. The molecule has 0 aromatic heterocycles. The number of hydrogen-bond acceptors (Lipinski definition) is 3. The number of nitrogens with one attached hydrogen (secondary N) is 2. The fourth-order valence-electron chi connectivity index (χ4n) is 1.26. The second kappa shape index (κ2) is 5.44. The van der Waals surface area contributed by atoms with E-state index in [0.717, 1.165) is 5.56 Å². The van der Waals surface area contributed by atoms with Gasteiger partial charge in [0.15, 0.2) is 0 Å². The van der Waals surface area contributed by atoms with Crippen molar-refractivity contribution in [2.24, 2.45) is 5.73 Å². The minimum absolute atomic E-state index is 0.230. The number of aryl methyl sites for hydroxylation is 1. The number of anilines is 1. The van der Waals surface area contributed by atoms with Crippen molar-refractivity contribution < 1.29 is 8.42 Å². The molecule has 17 heavy (non-hydrogen) atoms. The van der Waals surface area contributed by atoms with E-state index in [0.29, 0.717) is 17.8 Å². The van der Waals surface area contributed by atoms with Gasteiger partial charge in [0.1, 0.15) is 4.99 Å². The molecule has 0 unspecified atom stereocenters. The summed E-state index contributed by atoms with van der Waals surface area (Å²) in [6.45, 7) is 3.83. The van der Waals surface area contributed by atoms with E-state index < -0.39 is 10.2 Å². The second-order valence-electron chi connectivity index (χ2n) is 3.50. The van der Waals surface area contributed by atoms with E-state index in [1.54, 1.807) is 32.0 Å². The van der Waals surface area contributed by atoms with E-state index in [2.05, 4.69) is 9.44 Å². The monoisotopic (exact) mass is 273 g/mol. The molecule has 0 fully saturated rings. The Hall–Kier alpha value is -1.18. The summed E-state index contributed by atoms with van der Waals surface area (Å²) in [5, 5.41) is 0. The van der Waals surface area contributed by atoms with Crippen LogP contribution < -0.4 is 15.2 Å². The highest BCUT2D eigenvalue weighted by atomic mass is 32.2. The van der Waals surface area contributed by atoms with Gasteiger partial charge in [0.25, 0.3) is 10.2 Å². The zero-order valence-electron chi connectivity index (χ0n) is 9.65. The Labute approximate surface area is 107 Å². The lowest BCUT2D eigenvalue weighted by Gasteiger charge is -2.11. The lowest BCUT2D eigenvalue weighted by Crippen LogP contribution is -2.30. The molecule has 0 heterocycles. The summed E-state index contributed by atoms with van der Waals surface area (Å²) in [4.78, 5) is 0.230. The Morgan fingerprint density at radius 2 is 2.12 bits per heavy atom. The van der Waals surface area contributed by atoms with E-state index in [1.165, 1.54) is 0 Å². The Kier molecular flexibility index (Phi) is 4.44. The largest absolute Gasteiger partial charge is 0.389 e. The maximum absolute atomic E-state index is 11.5. The molecule has 0 radical (unpaired) electrons. The van der Waals surface area contributed by atoms with Crippen molar-refractivity contribution >= 4 is 33.1 Å². The molecule has 1 aromatic rings. The zero-order valence-corrected chi connectivity index (χ0v) is 11.3. The fraction of sp³-hybridized carbons (Fsp3) is 0.300. The SMILES string of the molecule is CCNS(=O)(=O)Nc1cc(C(N)=S)ccc1C. The van der Waals surface area contributed by atoms with Crippen LogP contribution in [0.2, 0.25) is 0 Å².